The van der Waals surface area contributed by atoms with Crippen molar-refractivity contribution in [3.63, 3.8) is 0 Å². The van der Waals surface area contributed by atoms with E-state index < -0.39 is 0 Å². The molecule has 0 unspecified atom stereocenters. The number of rotatable bonds is 8. The Labute approximate surface area is 95.3 Å². The Morgan fingerprint density at radius 2 is 1.67 bits per heavy atom. The average molecular weight is 202 g/mol. The Bertz CT molecular complexity index is 230. The fourth-order valence-corrected chi connectivity index (χ4v) is 1.93. The van der Waals surface area contributed by atoms with E-state index in [-0.39, 0.29) is 0 Å². The zero-order valence-corrected chi connectivity index (χ0v) is 10.0. The average Bonchev–Trinajstić information content (AvgIpc) is 2.29. The van der Waals surface area contributed by atoms with E-state index in [0.29, 0.717) is 0 Å². The van der Waals surface area contributed by atoms with Gasteiger partial charge in [-0.05, 0) is 0 Å². The second-order valence-corrected chi connectivity index (χ2v) is 4.36. The van der Waals surface area contributed by atoms with Crippen LogP contribution in [-0.2, 0) is 6.42 Å². The summed E-state index contributed by atoms with van der Waals surface area (Å²) < 4.78 is 0. The second-order valence-electron chi connectivity index (χ2n) is 4.36. The molecule has 1 aromatic rings. The third-order valence-electron chi connectivity index (χ3n) is 2.91. The van der Waals surface area contributed by atoms with E-state index in [1.54, 1.807) is 0 Å². The molecule has 0 bridgehead atoms. The molecule has 1 heteroatoms. The van der Waals surface area contributed by atoms with Crippen molar-refractivity contribution < 1.29 is 0 Å². The van der Waals surface area contributed by atoms with Crippen molar-refractivity contribution in [2.75, 3.05) is 0 Å². The van der Waals surface area contributed by atoms with Crippen LogP contribution < -0.4 is 0 Å². The molecule has 0 nitrogen and oxygen atoms in total. The van der Waals surface area contributed by atoms with Crippen molar-refractivity contribution in [3.8, 4) is 0 Å². The molecule has 0 amide bonds. The number of aryl methyl sites for hydroxylation is 1. The fourth-order valence-electron chi connectivity index (χ4n) is 1.93. The van der Waals surface area contributed by atoms with Gasteiger partial charge in [-0.1, -0.05) is 0 Å². The van der Waals surface area contributed by atoms with Gasteiger partial charge in [-0.2, -0.15) is 0 Å². The first-order valence-electron chi connectivity index (χ1n) is 6.47. The molecule has 0 fully saturated rings. The minimum atomic E-state index is 1.26. The molecule has 0 aliphatic carbocycles. The molecule has 0 aliphatic heterocycles. The van der Waals surface area contributed by atoms with Gasteiger partial charge in [-0.25, -0.2) is 0 Å². The van der Waals surface area contributed by atoms with Crippen LogP contribution in [0.2, 0.25) is 0 Å². The molecule has 0 radical (unpaired) electrons. The van der Waals surface area contributed by atoms with Crippen molar-refractivity contribution in [3.05, 3.63) is 29.6 Å². The SMILES string of the molecule is CCCCCCCCCc1bcccc1. The second kappa shape index (κ2) is 8.70. The summed E-state index contributed by atoms with van der Waals surface area (Å²) in [5.41, 5.74) is 1.49. The summed E-state index contributed by atoms with van der Waals surface area (Å²) in [6, 6.07) is 6.46. The van der Waals surface area contributed by atoms with Crippen LogP contribution in [0.5, 0.6) is 0 Å². The van der Waals surface area contributed by atoms with Crippen molar-refractivity contribution in [1.29, 1.82) is 0 Å². The predicted octanol–water partition coefficient (Wildman–Crippen LogP) is 4.32. The van der Waals surface area contributed by atoms with Gasteiger partial charge in [0, 0.05) is 0 Å². The summed E-state index contributed by atoms with van der Waals surface area (Å²) in [5, 5.41) is 0. The Kier molecular flexibility index (Phi) is 7.24. The molecule has 0 saturated heterocycles. The molecule has 0 N–H and O–H groups in total. The Morgan fingerprint density at radius 3 is 2.33 bits per heavy atom. The molecule has 15 heavy (non-hydrogen) atoms. The first-order valence-corrected chi connectivity index (χ1v) is 6.47. The summed E-state index contributed by atoms with van der Waals surface area (Å²) >= 11 is 0. The molecule has 0 saturated carbocycles. The number of hydrogen-bond acceptors (Lipinski definition) is 0. The van der Waals surface area contributed by atoms with Crippen LogP contribution in [0, 0.1) is 0 Å². The Balaban J connectivity index is 1.93. The van der Waals surface area contributed by atoms with E-state index in [1.807, 2.05) is 0 Å². The molecule has 1 rings (SSSR count). The summed E-state index contributed by atoms with van der Waals surface area (Å²) in [4.78, 5) is 0. The molecule has 1 aromatic heterocycles. The molecular formula is C14H23B. The maximum atomic E-state index is 2.27. The van der Waals surface area contributed by atoms with Gasteiger partial charge < -0.3 is 0 Å². The van der Waals surface area contributed by atoms with Crippen molar-refractivity contribution in [2.45, 2.75) is 58.3 Å². The standard InChI is InChI=1S/C14H23B/c1-2-3-4-5-6-7-8-11-14-12-9-10-13-15-14/h9-10,12-13H,2-8,11H2,1H3. The van der Waals surface area contributed by atoms with Crippen LogP contribution in [0.15, 0.2) is 24.2 Å². The Hall–Kier alpha value is -0.585. The molecule has 1 heterocycles. The topological polar surface area (TPSA) is 0 Å². The van der Waals surface area contributed by atoms with Gasteiger partial charge in [0.25, 0.3) is 0 Å². The van der Waals surface area contributed by atoms with Gasteiger partial charge in [0.1, 0.15) is 0 Å². The molecule has 0 atom stereocenters. The van der Waals surface area contributed by atoms with Crippen LogP contribution in [0.25, 0.3) is 0 Å². The minimum absolute atomic E-state index is 1.26. The van der Waals surface area contributed by atoms with Crippen molar-refractivity contribution in [1.82, 2.24) is 0 Å². The van der Waals surface area contributed by atoms with E-state index in [4.69, 9.17) is 0 Å². The van der Waals surface area contributed by atoms with Crippen molar-refractivity contribution in [2.24, 2.45) is 0 Å². The molecular weight excluding hydrogens is 179 g/mol. The molecule has 0 spiro atoms. The quantitative estimate of drug-likeness (QED) is 0.551. The molecule has 0 aliphatic rings. The van der Waals surface area contributed by atoms with E-state index in [1.165, 1.54) is 56.8 Å². The van der Waals surface area contributed by atoms with E-state index in [9.17, 15) is 0 Å². The summed E-state index contributed by atoms with van der Waals surface area (Å²) in [6.45, 7) is 4.51. The summed E-state index contributed by atoms with van der Waals surface area (Å²) in [7, 11) is 0. The van der Waals surface area contributed by atoms with Crippen LogP contribution >= 0.6 is 0 Å². The maximum absolute atomic E-state index is 2.27. The zero-order valence-electron chi connectivity index (χ0n) is 10.0. The molecule has 82 valence electrons. The fraction of sp³-hybridized carbons (Fsp3) is 0.643. The Morgan fingerprint density at radius 1 is 0.933 bits per heavy atom. The number of hydrogen-bond donors (Lipinski definition) is 0. The van der Waals surface area contributed by atoms with Gasteiger partial charge in [0.15, 0.2) is 0 Å². The summed E-state index contributed by atoms with van der Waals surface area (Å²) in [5.74, 6) is 2.14. The molecule has 0 aromatic carbocycles. The normalized spacial score (nSPS) is 10.2. The van der Waals surface area contributed by atoms with Gasteiger partial charge in [0.05, 0.1) is 0 Å². The first kappa shape index (κ1) is 12.5. The summed E-state index contributed by atoms with van der Waals surface area (Å²) in [6.07, 6.45) is 11.1. The van der Waals surface area contributed by atoms with Gasteiger partial charge >= 0.3 is 94.8 Å². The van der Waals surface area contributed by atoms with Gasteiger partial charge in [-0.3, -0.25) is 0 Å². The van der Waals surface area contributed by atoms with Crippen molar-refractivity contribution >= 4 is 6.91 Å². The third-order valence-corrected chi connectivity index (χ3v) is 2.91. The van der Waals surface area contributed by atoms with E-state index >= 15 is 0 Å². The van der Waals surface area contributed by atoms with Gasteiger partial charge in [0.2, 0.25) is 0 Å². The monoisotopic (exact) mass is 202 g/mol. The zero-order chi connectivity index (χ0) is 10.8. The van der Waals surface area contributed by atoms with E-state index in [0.717, 1.165) is 0 Å². The van der Waals surface area contributed by atoms with Gasteiger partial charge in [-0.15, -0.1) is 0 Å². The van der Waals surface area contributed by atoms with Crippen LogP contribution in [0.1, 0.15) is 57.3 Å². The predicted molar refractivity (Wildman–Crippen MR) is 69.5 cm³/mol. The third kappa shape index (κ3) is 6.49. The van der Waals surface area contributed by atoms with Crippen LogP contribution in [-0.4, -0.2) is 6.91 Å². The van der Waals surface area contributed by atoms with E-state index in [2.05, 4.69) is 38.0 Å². The van der Waals surface area contributed by atoms with Crippen LogP contribution in [0.3, 0.4) is 0 Å². The van der Waals surface area contributed by atoms with Crippen LogP contribution in [0.4, 0.5) is 0 Å². The first-order chi connectivity index (χ1) is 7.43. The number of unbranched alkanes of at least 4 members (excludes halogenated alkanes) is 6.